The van der Waals surface area contributed by atoms with E-state index in [1.807, 2.05) is 4.98 Å². The van der Waals surface area contributed by atoms with Gasteiger partial charge < -0.3 is 44.7 Å². The van der Waals surface area contributed by atoms with Crippen LogP contribution >= 0.6 is 0 Å². The van der Waals surface area contributed by atoms with Crippen LogP contribution in [-0.4, -0.2) is 156 Å². The summed E-state index contributed by atoms with van der Waals surface area (Å²) in [6.45, 7) is -1.47. The molecule has 0 bridgehead atoms. The smallest absolute Gasteiger partial charge is 0.330 e. The Morgan fingerprint density at radius 1 is 0.691 bits per heavy atom. The van der Waals surface area contributed by atoms with E-state index in [1.165, 1.54) is 33.8 Å². The third-order valence-electron chi connectivity index (χ3n) is 10.7. The normalized spacial score (nSPS) is 29.4. The first-order valence-electron chi connectivity index (χ1n) is 20.2. The van der Waals surface area contributed by atoms with Crippen molar-refractivity contribution in [3.63, 3.8) is 0 Å². The van der Waals surface area contributed by atoms with E-state index in [0.29, 0.717) is 3.07 Å². The summed E-state index contributed by atoms with van der Waals surface area (Å²) in [6.07, 6.45) is -5.49. The maximum absolute atomic E-state index is 13.6. The number of hydrogen-bond acceptors (Lipinski definition) is 20. The molecule has 366 valence electrons. The number of aliphatic hydroxyl groups is 7. The number of hydrogen-bond donors (Lipinski definition) is 12. The summed E-state index contributed by atoms with van der Waals surface area (Å²) in [7, 11) is 0. The van der Waals surface area contributed by atoms with Crippen LogP contribution in [0.3, 0.4) is 0 Å². The molecule has 0 spiro atoms. The van der Waals surface area contributed by atoms with Crippen LogP contribution < -0.4 is 48.1 Å². The van der Waals surface area contributed by atoms with Crippen LogP contribution in [0.4, 0.5) is 4.39 Å². The standard InChI is InChI=1S/C9H11FN2O5.C9H11N5O4.C9H12N2O5.C9H11N2O5.Hg/c10-6-7(15)4(3-13)17-8(6)12-2-1-5(14)11-9(12)16;10-13-12-5-3-8(18-6(5)4-15)14-2-1-7(16)11-9(14)17;12-3-7-5(13)1-6(16-7)4-2-10-9(15)11-8(4)14;12-4-6-5(13)3-8(16-6)11-2-1-7(14)10-9(11)15;/h1-2,4,6-8,13,15H,3H2,(H,11,14,16);1-2,5-6,8,15H,3-4H2,(H,11,16,17);2,5-7,12-13H,1,3H2,(H2,10,11,14,15);2,5-6,8,12-13H,3-4H2,(H,10,14,15);/q;;;;+1. The molecular weight excluding hydrogens is 1110 g/mol. The van der Waals surface area contributed by atoms with Crippen molar-refractivity contribution in [3.05, 3.63) is 136 Å². The molecule has 68 heavy (non-hydrogen) atoms. The number of aromatic nitrogens is 8. The molecule has 4 saturated heterocycles. The van der Waals surface area contributed by atoms with Crippen LogP contribution in [0.2, 0.25) is 0 Å². The van der Waals surface area contributed by atoms with Crippen molar-refractivity contribution >= 4 is 3.07 Å². The minimum Gasteiger partial charge on any atom is -0.394 e. The van der Waals surface area contributed by atoms with E-state index < -0.39 is 126 Å². The Morgan fingerprint density at radius 3 is 1.76 bits per heavy atom. The SMILES string of the molecule is O=c1[nH]c(=O)n(C2CC(O)C(CO)O2)c[c]1[Hg+].O=c1[nH]cc(C2CC(O)C(CO)O2)c(=O)[nH]1.O=c1ccn(C2OC(CO)C(O)C2F)c(=O)[nH]1.[N-]=[N+]=NC1CC(n2ccc(=O)[nH]c2=O)OC1CO. The Kier molecular flexibility index (Phi) is 19.0. The molecule has 4 aromatic heterocycles. The minimum absolute atomic E-state index is 0.0895. The van der Waals surface area contributed by atoms with Crippen molar-refractivity contribution in [2.75, 3.05) is 26.4 Å². The van der Waals surface area contributed by atoms with Gasteiger partial charge in [0.1, 0.15) is 24.5 Å². The number of aromatic amines is 5. The summed E-state index contributed by atoms with van der Waals surface area (Å²) in [5.74, 6) is 0. The first kappa shape index (κ1) is 53.4. The molecule has 4 aliphatic heterocycles. The van der Waals surface area contributed by atoms with Crippen LogP contribution in [0.1, 0.15) is 49.6 Å². The first-order chi connectivity index (χ1) is 32.3. The van der Waals surface area contributed by atoms with E-state index in [0.717, 1.165) is 16.8 Å². The van der Waals surface area contributed by atoms with Crippen molar-refractivity contribution in [1.29, 1.82) is 0 Å². The van der Waals surface area contributed by atoms with Crippen molar-refractivity contribution < 1.29 is 85.2 Å². The van der Waals surface area contributed by atoms with Crippen LogP contribution in [0.25, 0.3) is 10.4 Å². The molecule has 0 aromatic carbocycles. The van der Waals surface area contributed by atoms with Crippen LogP contribution in [0, 0.1) is 0 Å². The van der Waals surface area contributed by atoms with Gasteiger partial charge in [0, 0.05) is 48.5 Å². The summed E-state index contributed by atoms with van der Waals surface area (Å²) >= 11 is 0.0895. The van der Waals surface area contributed by atoms with Gasteiger partial charge in [0.05, 0.1) is 49.7 Å². The topological polar surface area (TPSA) is 458 Å². The second kappa shape index (κ2) is 24.1. The van der Waals surface area contributed by atoms with Crippen molar-refractivity contribution in [1.82, 2.24) is 38.6 Å². The van der Waals surface area contributed by atoms with Gasteiger partial charge in [0.25, 0.3) is 16.7 Å². The summed E-state index contributed by atoms with van der Waals surface area (Å²) in [5, 5.41) is 67.7. The number of nitrogens with one attached hydrogen (secondary N) is 5. The Hall–Kier alpha value is -5.54. The number of ether oxygens (including phenoxy) is 4. The fraction of sp³-hybridized carbons (Fsp3) is 0.556. The van der Waals surface area contributed by atoms with Gasteiger partial charge in [-0.3, -0.25) is 38.5 Å². The number of aliphatic hydroxyl groups excluding tert-OH is 7. The summed E-state index contributed by atoms with van der Waals surface area (Å²) in [4.78, 5) is 103. The van der Waals surface area contributed by atoms with E-state index in [4.69, 9.17) is 44.9 Å². The van der Waals surface area contributed by atoms with Gasteiger partial charge in [-0.05, 0) is 5.53 Å². The molecule has 0 aliphatic carbocycles. The quantitative estimate of drug-likeness (QED) is 0.0321. The van der Waals surface area contributed by atoms with E-state index in [1.54, 1.807) is 0 Å². The van der Waals surface area contributed by atoms with Crippen molar-refractivity contribution in [3.8, 4) is 0 Å². The first-order valence-corrected chi connectivity index (χ1v) is 23.0. The number of nitrogens with zero attached hydrogens (tertiary/aromatic N) is 6. The zero-order valence-electron chi connectivity index (χ0n) is 35.2. The Morgan fingerprint density at radius 2 is 1.24 bits per heavy atom. The number of alkyl halides is 1. The Labute approximate surface area is 392 Å². The molecule has 13 unspecified atom stereocenters. The maximum atomic E-state index is 13.6. The molecule has 0 saturated carbocycles. The van der Waals surface area contributed by atoms with Gasteiger partial charge >= 0.3 is 129 Å². The third kappa shape index (κ3) is 13.0. The monoisotopic (exact) mass is 1160 g/mol. The molecule has 12 N–H and O–H groups in total. The van der Waals surface area contributed by atoms with Gasteiger partial charge in [-0.15, -0.1) is 0 Å². The predicted molar refractivity (Wildman–Crippen MR) is 219 cm³/mol. The number of H-pyrrole nitrogens is 5. The predicted octanol–water partition coefficient (Wildman–Crippen LogP) is -6.78. The molecule has 4 fully saturated rings. The molecule has 32 heteroatoms. The second-order valence-corrected chi connectivity index (χ2v) is 18.1. The van der Waals surface area contributed by atoms with Crippen LogP contribution in [-0.2, 0) is 45.1 Å². The summed E-state index contributed by atoms with van der Waals surface area (Å²) < 4.78 is 38.6. The molecule has 4 aromatic rings. The molecule has 30 nitrogen and oxygen atoms in total. The van der Waals surface area contributed by atoms with Crippen molar-refractivity contribution in [2.45, 2.75) is 99.0 Å². The maximum Gasteiger partial charge on any atom is 0.330 e. The van der Waals surface area contributed by atoms with E-state index in [2.05, 4.69) is 30.0 Å². The summed E-state index contributed by atoms with van der Waals surface area (Å²) in [6, 6.07) is 1.69. The fourth-order valence-electron chi connectivity index (χ4n) is 7.14. The molecule has 8 rings (SSSR count). The molecule has 0 amide bonds. The van der Waals surface area contributed by atoms with Gasteiger partial charge in [-0.1, -0.05) is 5.11 Å². The summed E-state index contributed by atoms with van der Waals surface area (Å²) in [5.41, 5.74) is 4.04. The zero-order chi connectivity index (χ0) is 50.0. The van der Waals surface area contributed by atoms with E-state index in [9.17, 15) is 58.1 Å². The largest absolute Gasteiger partial charge is 0.394 e. The molecule has 4 aliphatic rings. The average Bonchev–Trinajstić information content (AvgIpc) is 4.06. The van der Waals surface area contributed by atoms with Crippen LogP contribution in [0.15, 0.2) is 80.4 Å². The molecule has 13 atom stereocenters. The Balaban J connectivity index is 0.000000170. The minimum atomic E-state index is -1.85. The Bertz CT molecular complexity index is 2880. The van der Waals surface area contributed by atoms with Gasteiger partial charge in [-0.2, -0.15) is 0 Å². The third-order valence-corrected chi connectivity index (χ3v) is 12.6. The zero-order valence-corrected chi connectivity index (χ0v) is 40.7. The van der Waals surface area contributed by atoms with Gasteiger partial charge in [-0.25, -0.2) is 18.8 Å². The fourth-order valence-corrected chi connectivity index (χ4v) is 8.25. The molecule has 0 radical (unpaired) electrons. The number of halogens is 1. The number of azide groups is 1. The number of rotatable bonds is 9. The second-order valence-electron chi connectivity index (χ2n) is 15.1. The molecular formula is C36H45FHgN11O19+. The van der Waals surface area contributed by atoms with E-state index in [-0.39, 0.29) is 76.3 Å². The van der Waals surface area contributed by atoms with E-state index >= 15 is 0 Å². The molecule has 8 heterocycles. The van der Waals surface area contributed by atoms with Crippen molar-refractivity contribution in [2.24, 2.45) is 5.11 Å². The van der Waals surface area contributed by atoms with Gasteiger partial charge in [0.15, 0.2) is 12.4 Å². The van der Waals surface area contributed by atoms with Crippen LogP contribution in [0.5, 0.6) is 0 Å². The average molecular weight is 1160 g/mol. The van der Waals surface area contributed by atoms with Gasteiger partial charge in [0.2, 0.25) is 0 Å².